The fourth-order valence-electron chi connectivity index (χ4n) is 3.44. The molecule has 0 spiro atoms. The predicted molar refractivity (Wildman–Crippen MR) is 113 cm³/mol. The molecule has 1 unspecified atom stereocenters. The third-order valence-corrected chi connectivity index (χ3v) is 5.15. The number of amides is 1. The molecule has 0 radical (unpaired) electrons. The Hall–Kier alpha value is -3.32. The van der Waals surface area contributed by atoms with Crippen molar-refractivity contribution in [3.8, 4) is 17.2 Å². The molecule has 1 fully saturated rings. The van der Waals surface area contributed by atoms with E-state index >= 15 is 0 Å². The quantitative estimate of drug-likeness (QED) is 0.669. The normalized spacial score (nSPS) is 16.1. The number of likely N-dealkylation sites (N-methyl/N-ethyl adjacent to an activating group) is 1. The van der Waals surface area contributed by atoms with Crippen molar-refractivity contribution >= 4 is 17.3 Å². The van der Waals surface area contributed by atoms with Gasteiger partial charge in [0.1, 0.15) is 5.76 Å². The van der Waals surface area contributed by atoms with Gasteiger partial charge in [-0.25, -0.2) is 4.98 Å². The maximum atomic E-state index is 12.5. The molecule has 29 heavy (non-hydrogen) atoms. The lowest BCUT2D eigenvalue weighted by Gasteiger charge is -2.19. The van der Waals surface area contributed by atoms with Gasteiger partial charge in [-0.1, -0.05) is 0 Å². The minimum Gasteiger partial charge on any atom is -0.481 e. The summed E-state index contributed by atoms with van der Waals surface area (Å²) >= 11 is 0. The Balaban J connectivity index is 1.40. The van der Waals surface area contributed by atoms with Crippen LogP contribution in [0.1, 0.15) is 17.0 Å². The minimum absolute atomic E-state index is 0.247. The number of aromatic nitrogens is 1. The Morgan fingerprint density at radius 1 is 1.17 bits per heavy atom. The first-order valence-corrected chi connectivity index (χ1v) is 9.60. The van der Waals surface area contributed by atoms with Gasteiger partial charge >= 0.3 is 0 Å². The lowest BCUT2D eigenvalue weighted by atomic mass is 10.2. The number of methoxy groups -OCH3 is 1. The van der Waals surface area contributed by atoms with Crippen LogP contribution in [0, 0.1) is 0 Å². The van der Waals surface area contributed by atoms with Gasteiger partial charge in [-0.3, -0.25) is 4.79 Å². The number of anilines is 2. The van der Waals surface area contributed by atoms with E-state index in [0.29, 0.717) is 17.7 Å². The molecule has 2 N–H and O–H groups in total. The number of carbonyl (C=O) groups is 1. The van der Waals surface area contributed by atoms with E-state index in [1.807, 2.05) is 37.4 Å². The number of benzene rings is 1. The standard InChI is InChI=1S/C22H24N4O3/c1-23-17-11-12-26(14-17)18-6-4-16(5-7-18)25-22(27)20-9-8-19(29-20)15-3-10-21(28-2)24-13-15/h3-10,13,17,23H,11-12,14H2,1-2H3,(H,25,27). The maximum absolute atomic E-state index is 12.5. The third-order valence-electron chi connectivity index (χ3n) is 5.15. The number of hydrogen-bond donors (Lipinski definition) is 2. The van der Waals surface area contributed by atoms with Gasteiger partial charge in [0.25, 0.3) is 5.91 Å². The van der Waals surface area contributed by atoms with Crippen LogP contribution < -0.4 is 20.3 Å². The van der Waals surface area contributed by atoms with Crippen molar-refractivity contribution < 1.29 is 13.9 Å². The Morgan fingerprint density at radius 3 is 2.66 bits per heavy atom. The van der Waals surface area contributed by atoms with E-state index in [0.717, 1.165) is 36.4 Å². The van der Waals surface area contributed by atoms with E-state index < -0.39 is 0 Å². The zero-order valence-electron chi connectivity index (χ0n) is 16.5. The molecule has 7 nitrogen and oxygen atoms in total. The fraction of sp³-hybridized carbons (Fsp3) is 0.273. The minimum atomic E-state index is -0.290. The molecule has 4 rings (SSSR count). The second kappa shape index (κ2) is 8.36. The first-order valence-electron chi connectivity index (χ1n) is 9.60. The van der Waals surface area contributed by atoms with Gasteiger partial charge in [0.2, 0.25) is 5.88 Å². The number of furan rings is 1. The molecule has 7 heteroatoms. The van der Waals surface area contributed by atoms with Crippen LogP contribution >= 0.6 is 0 Å². The van der Waals surface area contributed by atoms with Crippen LogP contribution in [0.3, 0.4) is 0 Å². The number of nitrogens with one attached hydrogen (secondary N) is 2. The average Bonchev–Trinajstić information content (AvgIpc) is 3.44. The SMILES string of the molecule is CNC1CCN(c2ccc(NC(=O)c3ccc(-c4ccc(OC)nc4)o3)cc2)C1. The zero-order chi connectivity index (χ0) is 20.2. The van der Waals surface area contributed by atoms with E-state index in [2.05, 4.69) is 20.5 Å². The largest absolute Gasteiger partial charge is 0.481 e. The van der Waals surface area contributed by atoms with E-state index in [-0.39, 0.29) is 11.7 Å². The van der Waals surface area contributed by atoms with Crippen molar-refractivity contribution in [2.24, 2.45) is 0 Å². The van der Waals surface area contributed by atoms with E-state index in [9.17, 15) is 4.79 Å². The summed E-state index contributed by atoms with van der Waals surface area (Å²) in [5.41, 5.74) is 2.67. The Bertz CT molecular complexity index is 966. The summed E-state index contributed by atoms with van der Waals surface area (Å²) in [7, 11) is 3.56. The van der Waals surface area contributed by atoms with Gasteiger partial charge in [0, 0.05) is 48.3 Å². The summed E-state index contributed by atoms with van der Waals surface area (Å²) in [6.45, 7) is 2.03. The number of hydrogen-bond acceptors (Lipinski definition) is 6. The summed E-state index contributed by atoms with van der Waals surface area (Å²) < 4.78 is 10.8. The van der Waals surface area contributed by atoms with Crippen molar-refractivity contribution in [2.75, 3.05) is 37.5 Å². The van der Waals surface area contributed by atoms with Gasteiger partial charge in [0.05, 0.1) is 7.11 Å². The predicted octanol–water partition coefficient (Wildman–Crippen LogP) is 3.40. The van der Waals surface area contributed by atoms with Crippen LogP contribution in [0.5, 0.6) is 5.88 Å². The molecule has 0 aliphatic carbocycles. The molecule has 1 aliphatic heterocycles. The average molecular weight is 392 g/mol. The van der Waals surface area contributed by atoms with Gasteiger partial charge in [-0.05, 0) is 55.9 Å². The highest BCUT2D eigenvalue weighted by Gasteiger charge is 2.21. The number of carbonyl (C=O) groups excluding carboxylic acids is 1. The highest BCUT2D eigenvalue weighted by molar-refractivity contribution is 6.02. The number of pyridine rings is 1. The summed E-state index contributed by atoms with van der Waals surface area (Å²) in [5.74, 6) is 1.06. The molecule has 1 amide bonds. The fourth-order valence-corrected chi connectivity index (χ4v) is 3.44. The van der Waals surface area contributed by atoms with E-state index in [1.54, 1.807) is 31.5 Å². The Kier molecular flexibility index (Phi) is 5.48. The van der Waals surface area contributed by atoms with Crippen LogP contribution in [0.2, 0.25) is 0 Å². The smallest absolute Gasteiger partial charge is 0.291 e. The molecule has 0 bridgehead atoms. The van der Waals surface area contributed by atoms with Gasteiger partial charge in [-0.15, -0.1) is 0 Å². The molecule has 150 valence electrons. The second-order valence-electron chi connectivity index (χ2n) is 6.97. The van der Waals surface area contributed by atoms with Gasteiger partial charge in [0.15, 0.2) is 5.76 Å². The van der Waals surface area contributed by atoms with Crippen molar-refractivity contribution in [1.82, 2.24) is 10.3 Å². The Labute approximate surface area is 169 Å². The third kappa shape index (κ3) is 4.25. The van der Waals surface area contributed by atoms with Crippen LogP contribution in [0.15, 0.2) is 59.1 Å². The van der Waals surface area contributed by atoms with Gasteiger partial charge in [-0.2, -0.15) is 0 Å². The van der Waals surface area contributed by atoms with Crippen LogP contribution in [0.4, 0.5) is 11.4 Å². The molecule has 3 heterocycles. The highest BCUT2D eigenvalue weighted by Crippen LogP contribution is 2.25. The number of rotatable bonds is 6. The first kappa shape index (κ1) is 19.0. The molecular weight excluding hydrogens is 368 g/mol. The zero-order valence-corrected chi connectivity index (χ0v) is 16.5. The molecule has 1 aliphatic rings. The summed E-state index contributed by atoms with van der Waals surface area (Å²) in [4.78, 5) is 19.0. The number of ether oxygens (including phenoxy) is 1. The second-order valence-corrected chi connectivity index (χ2v) is 6.97. The van der Waals surface area contributed by atoms with Crippen molar-refractivity contribution in [3.63, 3.8) is 0 Å². The molecule has 1 aromatic carbocycles. The van der Waals surface area contributed by atoms with Crippen LogP contribution in [0.25, 0.3) is 11.3 Å². The summed E-state index contributed by atoms with van der Waals surface area (Å²) in [6, 6.07) is 15.4. The summed E-state index contributed by atoms with van der Waals surface area (Å²) in [6.07, 6.45) is 2.79. The molecule has 3 aromatic rings. The first-order chi connectivity index (χ1) is 14.2. The molecule has 0 saturated carbocycles. The van der Waals surface area contributed by atoms with E-state index in [1.165, 1.54) is 0 Å². The van der Waals surface area contributed by atoms with Crippen molar-refractivity contribution in [1.29, 1.82) is 0 Å². The maximum Gasteiger partial charge on any atom is 0.291 e. The van der Waals surface area contributed by atoms with Crippen LogP contribution in [-0.4, -0.2) is 44.2 Å². The number of nitrogens with zero attached hydrogens (tertiary/aromatic N) is 2. The Morgan fingerprint density at radius 2 is 2.00 bits per heavy atom. The monoisotopic (exact) mass is 392 g/mol. The van der Waals surface area contributed by atoms with Crippen LogP contribution in [-0.2, 0) is 0 Å². The molecule has 2 aromatic heterocycles. The highest BCUT2D eigenvalue weighted by atomic mass is 16.5. The van der Waals surface area contributed by atoms with E-state index in [4.69, 9.17) is 9.15 Å². The van der Waals surface area contributed by atoms with Crippen molar-refractivity contribution in [3.05, 3.63) is 60.5 Å². The topological polar surface area (TPSA) is 79.6 Å². The van der Waals surface area contributed by atoms with Gasteiger partial charge < -0.3 is 24.7 Å². The summed E-state index contributed by atoms with van der Waals surface area (Å²) in [5, 5.41) is 6.20. The lowest BCUT2D eigenvalue weighted by molar-refractivity contribution is 0.0997. The molecule has 1 atom stereocenters. The molecular formula is C22H24N4O3. The van der Waals surface area contributed by atoms with Crippen molar-refractivity contribution in [2.45, 2.75) is 12.5 Å². The lowest BCUT2D eigenvalue weighted by Crippen LogP contribution is -2.29. The molecule has 1 saturated heterocycles.